The monoisotopic (exact) mass is 190 g/mol. The molecule has 0 atom stereocenters. The molecule has 0 aromatic heterocycles. The molecule has 0 saturated heterocycles. The number of rotatable bonds is 2. The molecule has 14 heavy (non-hydrogen) atoms. The number of ether oxygens (including phenoxy) is 1. The molecule has 0 amide bonds. The van der Waals surface area contributed by atoms with E-state index in [0.717, 1.165) is 16.7 Å². The smallest absolute Gasteiger partial charge is 0.338 e. The largest absolute Gasteiger partial charge is 0.465 e. The third-order valence-corrected chi connectivity index (χ3v) is 2.04. The fourth-order valence-corrected chi connectivity index (χ4v) is 1.30. The van der Waals surface area contributed by atoms with Gasteiger partial charge in [-0.05, 0) is 25.5 Å². The average Bonchev–Trinajstić information content (AvgIpc) is 2.16. The van der Waals surface area contributed by atoms with Crippen LogP contribution in [0.25, 0.3) is 5.57 Å². The van der Waals surface area contributed by atoms with Crippen LogP contribution >= 0.6 is 0 Å². The lowest BCUT2D eigenvalue weighted by Crippen LogP contribution is -2.04. The molecule has 0 aliphatic rings. The van der Waals surface area contributed by atoms with Crippen molar-refractivity contribution in [2.75, 3.05) is 7.11 Å². The molecule has 2 heteroatoms. The second kappa shape index (κ2) is 4.09. The van der Waals surface area contributed by atoms with Gasteiger partial charge < -0.3 is 4.74 Å². The number of carbonyl (C=O) groups is 1. The van der Waals surface area contributed by atoms with Crippen LogP contribution in [-0.4, -0.2) is 13.1 Å². The summed E-state index contributed by atoms with van der Waals surface area (Å²) in [6.07, 6.45) is 0. The van der Waals surface area contributed by atoms with E-state index in [4.69, 9.17) is 0 Å². The molecule has 1 rings (SSSR count). The van der Waals surface area contributed by atoms with Gasteiger partial charge in [-0.2, -0.15) is 0 Å². The molecule has 0 N–H and O–H groups in total. The summed E-state index contributed by atoms with van der Waals surface area (Å²) < 4.78 is 4.69. The van der Waals surface area contributed by atoms with Crippen molar-refractivity contribution in [3.63, 3.8) is 0 Å². The predicted molar refractivity (Wildman–Crippen MR) is 57.2 cm³/mol. The Balaban J connectivity index is 3.28. The molecule has 0 fully saturated rings. The maximum absolute atomic E-state index is 11.4. The third kappa shape index (κ3) is 2.02. The van der Waals surface area contributed by atoms with Gasteiger partial charge in [-0.1, -0.05) is 29.8 Å². The van der Waals surface area contributed by atoms with Gasteiger partial charge in [0, 0.05) is 0 Å². The van der Waals surface area contributed by atoms with Gasteiger partial charge in [-0.15, -0.1) is 0 Å². The Kier molecular flexibility index (Phi) is 3.07. The minimum absolute atomic E-state index is 0.317. The van der Waals surface area contributed by atoms with Crippen LogP contribution in [0.1, 0.15) is 28.4 Å². The lowest BCUT2D eigenvalue weighted by molar-refractivity contribution is 0.0600. The minimum atomic E-state index is -0.317. The van der Waals surface area contributed by atoms with E-state index in [1.54, 1.807) is 6.07 Å². The molecular weight excluding hydrogens is 176 g/mol. The van der Waals surface area contributed by atoms with Crippen molar-refractivity contribution in [1.82, 2.24) is 0 Å². The zero-order chi connectivity index (χ0) is 10.7. The normalized spacial score (nSPS) is 9.64. The number of esters is 1. The first-order chi connectivity index (χ1) is 6.56. The Labute approximate surface area is 84.2 Å². The molecular formula is C12H14O2. The highest BCUT2D eigenvalue weighted by atomic mass is 16.5. The predicted octanol–water partition coefficient (Wildman–Crippen LogP) is 2.81. The summed E-state index contributed by atoms with van der Waals surface area (Å²) in [5.41, 5.74) is 3.41. The zero-order valence-corrected chi connectivity index (χ0v) is 8.76. The highest BCUT2D eigenvalue weighted by Crippen LogP contribution is 2.19. The highest BCUT2D eigenvalue weighted by molar-refractivity contribution is 5.95. The van der Waals surface area contributed by atoms with Gasteiger partial charge in [0.2, 0.25) is 0 Å². The van der Waals surface area contributed by atoms with Crippen molar-refractivity contribution in [2.24, 2.45) is 0 Å². The Bertz CT molecular complexity index is 378. The Morgan fingerprint density at radius 3 is 2.50 bits per heavy atom. The van der Waals surface area contributed by atoms with Gasteiger partial charge in [0.15, 0.2) is 0 Å². The topological polar surface area (TPSA) is 26.3 Å². The summed E-state index contributed by atoms with van der Waals surface area (Å²) in [5, 5.41) is 0. The van der Waals surface area contributed by atoms with Gasteiger partial charge in [0.1, 0.15) is 0 Å². The Morgan fingerprint density at radius 1 is 1.36 bits per heavy atom. The minimum Gasteiger partial charge on any atom is -0.465 e. The van der Waals surface area contributed by atoms with Crippen LogP contribution in [0.2, 0.25) is 0 Å². The fraction of sp³-hybridized carbons (Fsp3) is 0.250. The highest BCUT2D eigenvalue weighted by Gasteiger charge is 2.11. The molecule has 1 aromatic rings. The molecule has 0 bridgehead atoms. The third-order valence-electron chi connectivity index (χ3n) is 2.04. The van der Waals surface area contributed by atoms with Crippen LogP contribution in [0.5, 0.6) is 0 Å². The maximum Gasteiger partial charge on any atom is 0.338 e. The zero-order valence-electron chi connectivity index (χ0n) is 8.76. The van der Waals surface area contributed by atoms with Crippen molar-refractivity contribution >= 4 is 11.5 Å². The summed E-state index contributed by atoms with van der Waals surface area (Å²) in [5.74, 6) is -0.317. The first kappa shape index (κ1) is 10.5. The summed E-state index contributed by atoms with van der Waals surface area (Å²) in [6, 6.07) is 5.60. The molecule has 0 saturated carbocycles. The summed E-state index contributed by atoms with van der Waals surface area (Å²) >= 11 is 0. The Hall–Kier alpha value is -1.57. The summed E-state index contributed by atoms with van der Waals surface area (Å²) in [7, 11) is 1.38. The van der Waals surface area contributed by atoms with Gasteiger partial charge in [-0.25, -0.2) is 4.79 Å². The van der Waals surface area contributed by atoms with Crippen LogP contribution < -0.4 is 0 Å². The number of carbonyl (C=O) groups excluding carboxylic acids is 1. The second-order valence-corrected chi connectivity index (χ2v) is 3.32. The molecule has 0 radical (unpaired) electrons. The Morgan fingerprint density at radius 2 is 2.00 bits per heavy atom. The average molecular weight is 190 g/mol. The molecule has 0 heterocycles. The van der Waals surface area contributed by atoms with Crippen LogP contribution in [-0.2, 0) is 4.74 Å². The van der Waals surface area contributed by atoms with E-state index in [1.165, 1.54) is 7.11 Å². The number of methoxy groups -OCH3 is 1. The van der Waals surface area contributed by atoms with E-state index in [0.29, 0.717) is 5.56 Å². The molecule has 0 unspecified atom stereocenters. The summed E-state index contributed by atoms with van der Waals surface area (Å²) in [6.45, 7) is 7.69. The van der Waals surface area contributed by atoms with Crippen LogP contribution in [0.15, 0.2) is 24.8 Å². The first-order valence-electron chi connectivity index (χ1n) is 4.41. The van der Waals surface area contributed by atoms with Crippen LogP contribution in [0, 0.1) is 6.92 Å². The van der Waals surface area contributed by atoms with Gasteiger partial charge in [0.25, 0.3) is 0 Å². The van der Waals surface area contributed by atoms with Crippen molar-refractivity contribution in [2.45, 2.75) is 13.8 Å². The number of hydrogen-bond acceptors (Lipinski definition) is 2. The number of benzene rings is 1. The van der Waals surface area contributed by atoms with E-state index in [-0.39, 0.29) is 5.97 Å². The summed E-state index contributed by atoms with van der Waals surface area (Å²) in [4.78, 5) is 11.4. The van der Waals surface area contributed by atoms with Crippen molar-refractivity contribution in [3.8, 4) is 0 Å². The molecule has 0 aliphatic heterocycles. The van der Waals surface area contributed by atoms with E-state index in [9.17, 15) is 4.79 Å². The van der Waals surface area contributed by atoms with Crippen molar-refractivity contribution in [3.05, 3.63) is 41.5 Å². The van der Waals surface area contributed by atoms with Gasteiger partial charge in [-0.3, -0.25) is 0 Å². The lowest BCUT2D eigenvalue weighted by Gasteiger charge is -2.08. The SMILES string of the molecule is C=C(C)c1cc(C)ccc1C(=O)OC. The van der Waals surface area contributed by atoms with E-state index >= 15 is 0 Å². The van der Waals surface area contributed by atoms with Gasteiger partial charge in [0.05, 0.1) is 12.7 Å². The number of aryl methyl sites for hydroxylation is 1. The molecule has 1 aromatic carbocycles. The van der Waals surface area contributed by atoms with Gasteiger partial charge >= 0.3 is 5.97 Å². The van der Waals surface area contributed by atoms with E-state index in [2.05, 4.69) is 11.3 Å². The van der Waals surface area contributed by atoms with E-state index < -0.39 is 0 Å². The molecule has 2 nitrogen and oxygen atoms in total. The maximum atomic E-state index is 11.4. The van der Waals surface area contributed by atoms with E-state index in [1.807, 2.05) is 26.0 Å². The number of allylic oxidation sites excluding steroid dienone is 1. The molecule has 74 valence electrons. The van der Waals surface area contributed by atoms with Crippen molar-refractivity contribution in [1.29, 1.82) is 0 Å². The molecule has 0 aliphatic carbocycles. The molecule has 0 spiro atoms. The number of hydrogen-bond donors (Lipinski definition) is 0. The van der Waals surface area contributed by atoms with Crippen molar-refractivity contribution < 1.29 is 9.53 Å². The first-order valence-corrected chi connectivity index (χ1v) is 4.41. The second-order valence-electron chi connectivity index (χ2n) is 3.32. The van der Waals surface area contributed by atoms with Crippen LogP contribution in [0.4, 0.5) is 0 Å². The standard InChI is InChI=1S/C12H14O2/c1-8(2)11-7-9(3)5-6-10(11)12(13)14-4/h5-7H,1H2,2-4H3. The quantitative estimate of drug-likeness (QED) is 0.670. The van der Waals surface area contributed by atoms with Crippen LogP contribution in [0.3, 0.4) is 0 Å². The fourth-order valence-electron chi connectivity index (χ4n) is 1.30. The lowest BCUT2D eigenvalue weighted by atomic mass is 9.99.